The molecule has 0 aromatic heterocycles. The molecule has 6 nitrogen and oxygen atoms in total. The Hall–Kier alpha value is -1.30. The molecule has 7 heteroatoms. The molecular formula is C9H16ClN3O3. The maximum absolute atomic E-state index is 11.2. The van der Waals surface area contributed by atoms with Crippen LogP contribution < -0.4 is 16.0 Å². The molecule has 92 valence electrons. The second-order valence-electron chi connectivity index (χ2n) is 3.08. The predicted molar refractivity (Wildman–Crippen MR) is 60.2 cm³/mol. The van der Waals surface area contributed by atoms with Crippen LogP contribution in [0.3, 0.4) is 0 Å². The molecule has 0 aliphatic heterocycles. The van der Waals surface area contributed by atoms with Crippen LogP contribution in [-0.4, -0.2) is 36.3 Å². The van der Waals surface area contributed by atoms with Gasteiger partial charge in [0.05, 0.1) is 0 Å². The Kier molecular flexibility index (Phi) is 7.28. The summed E-state index contributed by atoms with van der Waals surface area (Å²) >= 11 is 5.32. The highest BCUT2D eigenvalue weighted by Crippen LogP contribution is 1.85. The molecular weight excluding hydrogens is 234 g/mol. The number of rotatable bonds is 5. The summed E-state index contributed by atoms with van der Waals surface area (Å²) < 4.78 is 0. The molecule has 0 spiro atoms. The lowest BCUT2D eigenvalue weighted by Crippen LogP contribution is -2.49. The van der Waals surface area contributed by atoms with Crippen LogP contribution in [0.5, 0.6) is 0 Å². The molecule has 16 heavy (non-hydrogen) atoms. The second kappa shape index (κ2) is 7.92. The molecule has 0 saturated carbocycles. The Morgan fingerprint density at radius 3 is 2.44 bits per heavy atom. The predicted octanol–water partition coefficient (Wildman–Crippen LogP) is -0.0343. The van der Waals surface area contributed by atoms with Crippen molar-refractivity contribution in [3.05, 3.63) is 0 Å². The van der Waals surface area contributed by atoms with E-state index in [-0.39, 0.29) is 18.2 Å². The molecule has 0 aromatic carbocycles. The van der Waals surface area contributed by atoms with Crippen LogP contribution in [0.15, 0.2) is 0 Å². The van der Waals surface area contributed by atoms with Gasteiger partial charge in [-0.1, -0.05) is 0 Å². The van der Waals surface area contributed by atoms with E-state index in [0.29, 0.717) is 6.54 Å². The maximum atomic E-state index is 11.2. The first-order chi connectivity index (χ1) is 7.51. The van der Waals surface area contributed by atoms with Crippen LogP contribution in [-0.2, 0) is 9.59 Å². The lowest BCUT2D eigenvalue weighted by molar-refractivity contribution is -0.123. The van der Waals surface area contributed by atoms with E-state index >= 15 is 0 Å². The quantitative estimate of drug-likeness (QED) is 0.598. The summed E-state index contributed by atoms with van der Waals surface area (Å²) in [5.74, 6) is -0.636. The van der Waals surface area contributed by atoms with Crippen molar-refractivity contribution in [3.8, 4) is 0 Å². The van der Waals surface area contributed by atoms with E-state index in [1.54, 1.807) is 6.92 Å². The van der Waals surface area contributed by atoms with Gasteiger partial charge in [0, 0.05) is 18.8 Å². The van der Waals surface area contributed by atoms with Crippen molar-refractivity contribution in [2.45, 2.75) is 26.3 Å². The van der Waals surface area contributed by atoms with Gasteiger partial charge in [0.1, 0.15) is 6.04 Å². The Bertz CT molecular complexity index is 271. The van der Waals surface area contributed by atoms with Gasteiger partial charge in [0.2, 0.25) is 11.8 Å². The lowest BCUT2D eigenvalue weighted by Gasteiger charge is -2.13. The number of amides is 4. The minimum absolute atomic E-state index is 0.0600. The lowest BCUT2D eigenvalue weighted by atomic mass is 10.3. The summed E-state index contributed by atoms with van der Waals surface area (Å²) in [6, 6.07) is -1.39. The smallest absolute Gasteiger partial charge is 0.322 e. The molecule has 4 amide bonds. The summed E-state index contributed by atoms with van der Waals surface area (Å²) in [5.41, 5.74) is 0. The Labute approximate surface area is 99.1 Å². The largest absolute Gasteiger partial charge is 0.355 e. The van der Waals surface area contributed by atoms with Crippen LogP contribution >= 0.6 is 11.6 Å². The maximum Gasteiger partial charge on any atom is 0.322 e. The zero-order valence-corrected chi connectivity index (χ0v) is 10.1. The van der Waals surface area contributed by atoms with E-state index < -0.39 is 18.0 Å². The van der Waals surface area contributed by atoms with Gasteiger partial charge in [-0.2, -0.15) is 0 Å². The van der Waals surface area contributed by atoms with Crippen molar-refractivity contribution in [1.82, 2.24) is 16.0 Å². The van der Waals surface area contributed by atoms with Crippen LogP contribution in [0.2, 0.25) is 0 Å². The van der Waals surface area contributed by atoms with Crippen molar-refractivity contribution in [2.24, 2.45) is 0 Å². The first-order valence-corrected chi connectivity index (χ1v) is 5.48. The normalized spacial score (nSPS) is 11.4. The van der Waals surface area contributed by atoms with Gasteiger partial charge in [0.15, 0.2) is 0 Å². The topological polar surface area (TPSA) is 87.3 Å². The molecule has 1 unspecified atom stereocenters. The fourth-order valence-electron chi connectivity index (χ4n) is 0.901. The summed E-state index contributed by atoms with van der Waals surface area (Å²) in [7, 11) is 0. The average Bonchev–Trinajstić information content (AvgIpc) is 2.17. The van der Waals surface area contributed by atoms with Crippen molar-refractivity contribution >= 4 is 29.4 Å². The van der Waals surface area contributed by atoms with E-state index in [9.17, 15) is 14.4 Å². The number of hydrogen-bond donors (Lipinski definition) is 3. The van der Waals surface area contributed by atoms with Gasteiger partial charge in [-0.05, 0) is 13.8 Å². The molecule has 0 bridgehead atoms. The number of carbonyl (C=O) groups is 3. The molecule has 0 aliphatic rings. The highest BCUT2D eigenvalue weighted by Gasteiger charge is 2.15. The molecule has 3 N–H and O–H groups in total. The zero-order valence-electron chi connectivity index (χ0n) is 9.30. The third-order valence-electron chi connectivity index (χ3n) is 1.67. The first-order valence-electron chi connectivity index (χ1n) is 4.95. The number of halogens is 1. The number of alkyl halides is 1. The van der Waals surface area contributed by atoms with Crippen molar-refractivity contribution in [1.29, 1.82) is 0 Å². The highest BCUT2D eigenvalue weighted by molar-refractivity contribution is 6.19. The fourth-order valence-corrected chi connectivity index (χ4v) is 1.07. The van der Waals surface area contributed by atoms with Crippen LogP contribution in [0.1, 0.15) is 20.3 Å². The van der Waals surface area contributed by atoms with Gasteiger partial charge in [-0.25, -0.2) is 4.79 Å². The van der Waals surface area contributed by atoms with Gasteiger partial charge in [-0.3, -0.25) is 14.9 Å². The Morgan fingerprint density at radius 2 is 1.94 bits per heavy atom. The molecule has 1 atom stereocenters. The Balaban J connectivity index is 3.95. The number of carbonyl (C=O) groups excluding carboxylic acids is 3. The monoisotopic (exact) mass is 249 g/mol. The van der Waals surface area contributed by atoms with Crippen LogP contribution in [0.25, 0.3) is 0 Å². The minimum Gasteiger partial charge on any atom is -0.355 e. The molecule has 0 rings (SSSR count). The van der Waals surface area contributed by atoms with Crippen molar-refractivity contribution in [2.75, 3.05) is 12.4 Å². The zero-order chi connectivity index (χ0) is 12.6. The highest BCUT2D eigenvalue weighted by atomic mass is 35.5. The Morgan fingerprint density at radius 1 is 1.31 bits per heavy atom. The number of nitrogens with one attached hydrogen (secondary N) is 3. The van der Waals surface area contributed by atoms with Crippen molar-refractivity contribution < 1.29 is 14.4 Å². The summed E-state index contributed by atoms with van der Waals surface area (Å²) in [6.07, 6.45) is 0.0600. The standard InChI is InChI=1S/C9H16ClN3O3/c1-3-11-8(15)6(2)12-9(16)13-7(14)4-5-10/h6H,3-5H2,1-2H3,(H,11,15)(H2,12,13,14,16). The second-order valence-corrected chi connectivity index (χ2v) is 3.45. The van der Waals surface area contributed by atoms with E-state index in [1.165, 1.54) is 6.92 Å². The molecule has 0 radical (unpaired) electrons. The molecule has 0 heterocycles. The number of urea groups is 1. The first kappa shape index (κ1) is 14.7. The van der Waals surface area contributed by atoms with Gasteiger partial charge >= 0.3 is 6.03 Å². The minimum atomic E-state index is -0.700. The average molecular weight is 250 g/mol. The van der Waals surface area contributed by atoms with E-state index in [2.05, 4.69) is 16.0 Å². The van der Waals surface area contributed by atoms with Gasteiger partial charge < -0.3 is 10.6 Å². The SMILES string of the molecule is CCNC(=O)C(C)NC(=O)NC(=O)CCCl. The fraction of sp³-hybridized carbons (Fsp3) is 0.667. The van der Waals surface area contributed by atoms with E-state index in [4.69, 9.17) is 11.6 Å². The van der Waals surface area contributed by atoms with Crippen LogP contribution in [0.4, 0.5) is 4.79 Å². The van der Waals surface area contributed by atoms with Gasteiger partial charge in [-0.15, -0.1) is 11.6 Å². The van der Waals surface area contributed by atoms with E-state index in [0.717, 1.165) is 0 Å². The van der Waals surface area contributed by atoms with E-state index in [1.807, 2.05) is 0 Å². The molecule has 0 saturated heterocycles. The third-order valence-corrected chi connectivity index (χ3v) is 1.86. The molecule has 0 aromatic rings. The number of imide groups is 1. The van der Waals surface area contributed by atoms with Crippen LogP contribution in [0, 0.1) is 0 Å². The molecule has 0 aliphatic carbocycles. The number of hydrogen-bond acceptors (Lipinski definition) is 3. The van der Waals surface area contributed by atoms with Gasteiger partial charge in [0.25, 0.3) is 0 Å². The molecule has 0 fully saturated rings. The van der Waals surface area contributed by atoms with Crippen molar-refractivity contribution in [3.63, 3.8) is 0 Å². The summed E-state index contributed by atoms with van der Waals surface area (Å²) in [5, 5.41) is 6.92. The number of likely N-dealkylation sites (N-methyl/N-ethyl adjacent to an activating group) is 1. The summed E-state index contributed by atoms with van der Waals surface area (Å²) in [6.45, 7) is 3.78. The third kappa shape index (κ3) is 6.23. The summed E-state index contributed by atoms with van der Waals surface area (Å²) in [4.78, 5) is 33.4.